The van der Waals surface area contributed by atoms with E-state index >= 15 is 0 Å². The third kappa shape index (κ3) is 4.39. The summed E-state index contributed by atoms with van der Waals surface area (Å²) < 4.78 is 0. The molecule has 1 aromatic rings. The molecular weight excluding hydrogens is 332 g/mol. The van der Waals surface area contributed by atoms with Crippen molar-refractivity contribution in [1.29, 1.82) is 5.41 Å². The minimum atomic E-state index is -0.0328. The highest BCUT2D eigenvalue weighted by atomic mass is 16.3. The fourth-order valence-electron chi connectivity index (χ4n) is 2.60. The van der Waals surface area contributed by atoms with Crippen molar-refractivity contribution < 1.29 is 10.2 Å². The second kappa shape index (κ2) is 8.29. The molecule has 0 saturated heterocycles. The van der Waals surface area contributed by atoms with Gasteiger partial charge >= 0.3 is 0 Å². The van der Waals surface area contributed by atoms with Gasteiger partial charge in [0.2, 0.25) is 0 Å². The van der Waals surface area contributed by atoms with Crippen molar-refractivity contribution in [1.82, 2.24) is 9.91 Å². The predicted molar refractivity (Wildman–Crippen MR) is 106 cm³/mol. The van der Waals surface area contributed by atoms with Gasteiger partial charge in [0.1, 0.15) is 17.2 Å². The number of aliphatic imine (C=N–C) groups is 1. The van der Waals surface area contributed by atoms with E-state index in [1.165, 1.54) is 0 Å². The molecule has 1 heterocycles. The first kappa shape index (κ1) is 19.9. The number of hydrogen-bond donors (Lipinski definition) is 4. The van der Waals surface area contributed by atoms with Gasteiger partial charge in [-0.2, -0.15) is 5.10 Å². The van der Waals surface area contributed by atoms with Crippen molar-refractivity contribution in [3.63, 3.8) is 0 Å². The summed E-state index contributed by atoms with van der Waals surface area (Å²) in [5, 5.41) is 36.8. The van der Waals surface area contributed by atoms with Crippen molar-refractivity contribution in [2.75, 3.05) is 39.1 Å². The van der Waals surface area contributed by atoms with Gasteiger partial charge in [-0.15, -0.1) is 0 Å². The number of phenols is 1. The number of amidine groups is 1. The Hall–Kier alpha value is -2.45. The van der Waals surface area contributed by atoms with E-state index in [-0.39, 0.29) is 24.2 Å². The van der Waals surface area contributed by atoms with Crippen molar-refractivity contribution >= 4 is 28.6 Å². The third-order valence-electron chi connectivity index (χ3n) is 3.88. The van der Waals surface area contributed by atoms with Crippen LogP contribution in [0.15, 0.2) is 22.2 Å². The third-order valence-corrected chi connectivity index (χ3v) is 3.88. The van der Waals surface area contributed by atoms with Crippen molar-refractivity contribution in [2.45, 2.75) is 26.8 Å². The zero-order valence-electron chi connectivity index (χ0n) is 16.0. The van der Waals surface area contributed by atoms with E-state index < -0.39 is 0 Å². The Kier molecular flexibility index (Phi) is 6.33. The van der Waals surface area contributed by atoms with E-state index in [1.54, 1.807) is 24.1 Å². The van der Waals surface area contributed by atoms with Gasteiger partial charge in [-0.25, -0.2) is 10.0 Å². The summed E-state index contributed by atoms with van der Waals surface area (Å²) in [5.41, 5.74) is 3.15. The SMILES string of the molecule is Cc1cc(N=C2C(=N)N(C(C)C)N=C2CN(C)C)c(NCCO)cc1O. The van der Waals surface area contributed by atoms with E-state index in [0.29, 0.717) is 35.7 Å². The summed E-state index contributed by atoms with van der Waals surface area (Å²) in [6, 6.07) is 3.41. The Morgan fingerprint density at radius 1 is 1.35 bits per heavy atom. The summed E-state index contributed by atoms with van der Waals surface area (Å²) in [7, 11) is 3.89. The predicted octanol–water partition coefficient (Wildman–Crippen LogP) is 1.80. The van der Waals surface area contributed by atoms with E-state index in [9.17, 15) is 5.11 Å². The molecule has 2 rings (SSSR count). The van der Waals surface area contributed by atoms with Gasteiger partial charge in [0.05, 0.1) is 18.0 Å². The Bertz CT molecular complexity index is 739. The van der Waals surface area contributed by atoms with Crippen LogP contribution in [-0.4, -0.2) is 77.2 Å². The highest BCUT2D eigenvalue weighted by Gasteiger charge is 2.30. The molecule has 0 bridgehead atoms. The number of aliphatic hydroxyl groups excluding tert-OH is 1. The van der Waals surface area contributed by atoms with Gasteiger partial charge in [-0.3, -0.25) is 5.41 Å². The van der Waals surface area contributed by atoms with Crippen molar-refractivity contribution in [2.24, 2.45) is 10.1 Å². The summed E-state index contributed by atoms with van der Waals surface area (Å²) in [6.45, 7) is 6.63. The molecule has 0 atom stereocenters. The minimum absolute atomic E-state index is 0.0328. The number of hydrogen-bond acceptors (Lipinski definition) is 7. The lowest BCUT2D eigenvalue weighted by molar-refractivity contribution is 0.311. The Balaban J connectivity index is 2.50. The minimum Gasteiger partial charge on any atom is -0.508 e. The molecule has 0 radical (unpaired) electrons. The van der Waals surface area contributed by atoms with Crippen LogP contribution in [0.5, 0.6) is 5.75 Å². The average molecular weight is 360 g/mol. The van der Waals surface area contributed by atoms with E-state index in [1.807, 2.05) is 32.8 Å². The van der Waals surface area contributed by atoms with Crippen molar-refractivity contribution in [3.8, 4) is 5.75 Å². The van der Waals surface area contributed by atoms with Crippen LogP contribution >= 0.6 is 0 Å². The summed E-state index contributed by atoms with van der Waals surface area (Å²) in [5.74, 6) is 0.414. The maximum atomic E-state index is 9.99. The van der Waals surface area contributed by atoms with Crippen LogP contribution in [-0.2, 0) is 0 Å². The highest BCUT2D eigenvalue weighted by Crippen LogP contribution is 2.33. The van der Waals surface area contributed by atoms with Crippen LogP contribution in [0, 0.1) is 12.3 Å². The van der Waals surface area contributed by atoms with E-state index in [4.69, 9.17) is 15.5 Å². The topological polar surface area (TPSA) is 108 Å². The number of aryl methyl sites for hydroxylation is 1. The number of phenolic OH excluding ortho intramolecular Hbond substituents is 1. The normalized spacial score (nSPS) is 16.2. The smallest absolute Gasteiger partial charge is 0.169 e. The lowest BCUT2D eigenvalue weighted by Gasteiger charge is -2.17. The van der Waals surface area contributed by atoms with Crippen LogP contribution < -0.4 is 5.32 Å². The number of anilines is 1. The molecule has 142 valence electrons. The number of aromatic hydroxyl groups is 1. The number of aliphatic hydroxyl groups is 1. The van der Waals surface area contributed by atoms with Crippen LogP contribution in [0.1, 0.15) is 19.4 Å². The molecule has 1 aliphatic heterocycles. The fraction of sp³-hybridized carbons (Fsp3) is 0.500. The lowest BCUT2D eigenvalue weighted by Crippen LogP contribution is -2.33. The summed E-state index contributed by atoms with van der Waals surface area (Å²) >= 11 is 0. The largest absolute Gasteiger partial charge is 0.508 e. The molecule has 1 aliphatic rings. The van der Waals surface area contributed by atoms with Gasteiger partial charge in [0.25, 0.3) is 0 Å². The van der Waals surface area contributed by atoms with Gasteiger partial charge in [-0.05, 0) is 46.5 Å². The van der Waals surface area contributed by atoms with E-state index in [2.05, 4.69) is 10.4 Å². The Morgan fingerprint density at radius 2 is 2.04 bits per heavy atom. The molecule has 0 aliphatic carbocycles. The number of nitrogens with one attached hydrogen (secondary N) is 2. The second-order valence-corrected chi connectivity index (χ2v) is 6.84. The maximum Gasteiger partial charge on any atom is 0.169 e. The van der Waals surface area contributed by atoms with Crippen LogP contribution in [0.25, 0.3) is 0 Å². The molecule has 4 N–H and O–H groups in total. The second-order valence-electron chi connectivity index (χ2n) is 6.84. The average Bonchev–Trinajstić information content (AvgIpc) is 2.85. The molecule has 0 amide bonds. The van der Waals surface area contributed by atoms with Crippen LogP contribution in [0.4, 0.5) is 11.4 Å². The molecule has 8 nitrogen and oxygen atoms in total. The summed E-state index contributed by atoms with van der Waals surface area (Å²) in [4.78, 5) is 6.68. The zero-order chi connectivity index (χ0) is 19.4. The standard InChI is InChI=1S/C18H28N6O2/c1-11(2)24-18(19)17(15(22-24)10-23(4)5)21-14-8-12(3)16(26)9-13(14)20-6-7-25/h8-9,11,19-20,25-26H,6-7,10H2,1-5H3. The quantitative estimate of drug-likeness (QED) is 0.593. The zero-order valence-corrected chi connectivity index (χ0v) is 16.0. The van der Waals surface area contributed by atoms with Crippen molar-refractivity contribution in [3.05, 3.63) is 17.7 Å². The number of hydrazone groups is 1. The van der Waals surface area contributed by atoms with Gasteiger partial charge in [-0.1, -0.05) is 0 Å². The Labute approximate surface area is 154 Å². The molecule has 0 aromatic heterocycles. The molecule has 0 unspecified atom stereocenters. The molecule has 0 saturated carbocycles. The van der Waals surface area contributed by atoms with Gasteiger partial charge < -0.3 is 20.4 Å². The first-order chi connectivity index (χ1) is 12.2. The molecule has 0 spiro atoms. The first-order valence-electron chi connectivity index (χ1n) is 8.62. The molecule has 26 heavy (non-hydrogen) atoms. The summed E-state index contributed by atoms with van der Waals surface area (Å²) in [6.07, 6.45) is 0. The monoisotopic (exact) mass is 360 g/mol. The molecular formula is C18H28N6O2. The first-order valence-corrected chi connectivity index (χ1v) is 8.62. The van der Waals surface area contributed by atoms with Gasteiger partial charge in [0, 0.05) is 25.2 Å². The van der Waals surface area contributed by atoms with Crippen LogP contribution in [0.2, 0.25) is 0 Å². The maximum absolute atomic E-state index is 9.99. The number of benzene rings is 1. The number of nitrogens with zero attached hydrogens (tertiary/aromatic N) is 4. The molecule has 8 heteroatoms. The Morgan fingerprint density at radius 3 is 2.62 bits per heavy atom. The molecule has 1 aromatic carbocycles. The van der Waals surface area contributed by atoms with Gasteiger partial charge in [0.15, 0.2) is 5.84 Å². The lowest BCUT2D eigenvalue weighted by atomic mass is 10.1. The number of rotatable bonds is 7. The fourth-order valence-corrected chi connectivity index (χ4v) is 2.60. The van der Waals surface area contributed by atoms with E-state index in [0.717, 1.165) is 5.71 Å². The highest BCUT2D eigenvalue weighted by molar-refractivity contribution is 6.70. The molecule has 0 fully saturated rings. The van der Waals surface area contributed by atoms with Crippen LogP contribution in [0.3, 0.4) is 0 Å².